The SMILES string of the molecule is CCc1c(C)nn(-c2ccc(CO)c(Br)c2)c1C. The Balaban J connectivity index is 2.52. The van der Waals surface area contributed by atoms with E-state index in [1.165, 1.54) is 11.3 Å². The summed E-state index contributed by atoms with van der Waals surface area (Å²) in [5.74, 6) is 0. The highest BCUT2D eigenvalue weighted by Crippen LogP contribution is 2.23. The van der Waals surface area contributed by atoms with E-state index < -0.39 is 0 Å². The Morgan fingerprint density at radius 1 is 1.33 bits per heavy atom. The van der Waals surface area contributed by atoms with Crippen molar-refractivity contribution in [1.29, 1.82) is 0 Å². The van der Waals surface area contributed by atoms with Gasteiger partial charge in [0.05, 0.1) is 18.0 Å². The van der Waals surface area contributed by atoms with Crippen molar-refractivity contribution in [3.63, 3.8) is 0 Å². The first-order valence-electron chi connectivity index (χ1n) is 6.03. The zero-order chi connectivity index (χ0) is 13.3. The van der Waals surface area contributed by atoms with Gasteiger partial charge in [-0.3, -0.25) is 0 Å². The summed E-state index contributed by atoms with van der Waals surface area (Å²) in [6.45, 7) is 6.32. The summed E-state index contributed by atoms with van der Waals surface area (Å²) in [7, 11) is 0. The second-order valence-corrected chi connectivity index (χ2v) is 5.20. The first-order chi connectivity index (χ1) is 8.58. The molecule has 0 saturated carbocycles. The highest BCUT2D eigenvalue weighted by atomic mass is 79.9. The van der Waals surface area contributed by atoms with Crippen LogP contribution >= 0.6 is 15.9 Å². The van der Waals surface area contributed by atoms with Crippen LogP contribution in [0.2, 0.25) is 0 Å². The molecule has 1 heterocycles. The molecule has 2 rings (SSSR count). The fourth-order valence-corrected chi connectivity index (χ4v) is 2.73. The van der Waals surface area contributed by atoms with E-state index in [4.69, 9.17) is 5.11 Å². The molecule has 0 saturated heterocycles. The summed E-state index contributed by atoms with van der Waals surface area (Å²) >= 11 is 3.47. The number of hydrogen-bond donors (Lipinski definition) is 1. The van der Waals surface area contributed by atoms with E-state index in [2.05, 4.69) is 34.9 Å². The van der Waals surface area contributed by atoms with E-state index in [9.17, 15) is 0 Å². The van der Waals surface area contributed by atoms with Crippen molar-refractivity contribution in [3.05, 3.63) is 45.2 Å². The summed E-state index contributed by atoms with van der Waals surface area (Å²) in [6.07, 6.45) is 0.994. The van der Waals surface area contributed by atoms with Crippen LogP contribution in [0.5, 0.6) is 0 Å². The summed E-state index contributed by atoms with van der Waals surface area (Å²) in [6, 6.07) is 5.89. The molecule has 0 aliphatic rings. The van der Waals surface area contributed by atoms with E-state index in [0.29, 0.717) is 0 Å². The van der Waals surface area contributed by atoms with Gasteiger partial charge >= 0.3 is 0 Å². The van der Waals surface area contributed by atoms with Gasteiger partial charge in [0.2, 0.25) is 0 Å². The molecule has 1 N–H and O–H groups in total. The normalized spacial score (nSPS) is 10.9. The van der Waals surface area contributed by atoms with Gasteiger partial charge in [-0.1, -0.05) is 28.9 Å². The molecule has 0 aliphatic carbocycles. The lowest BCUT2D eigenvalue weighted by molar-refractivity contribution is 0.281. The lowest BCUT2D eigenvalue weighted by Gasteiger charge is -2.08. The van der Waals surface area contributed by atoms with Gasteiger partial charge in [0.15, 0.2) is 0 Å². The Morgan fingerprint density at radius 2 is 2.06 bits per heavy atom. The van der Waals surface area contributed by atoms with Crippen LogP contribution in [0.25, 0.3) is 5.69 Å². The highest BCUT2D eigenvalue weighted by molar-refractivity contribution is 9.10. The smallest absolute Gasteiger partial charge is 0.0692 e. The van der Waals surface area contributed by atoms with Crippen molar-refractivity contribution in [2.45, 2.75) is 33.8 Å². The molecule has 0 bridgehead atoms. The van der Waals surface area contributed by atoms with Gasteiger partial charge in [-0.05, 0) is 43.5 Å². The van der Waals surface area contributed by atoms with Gasteiger partial charge in [0.25, 0.3) is 0 Å². The maximum absolute atomic E-state index is 9.17. The van der Waals surface area contributed by atoms with Crippen molar-refractivity contribution in [2.24, 2.45) is 0 Å². The zero-order valence-corrected chi connectivity index (χ0v) is 12.5. The first kappa shape index (κ1) is 13.3. The summed E-state index contributed by atoms with van der Waals surface area (Å²) in [5, 5.41) is 13.7. The molecular weight excluding hydrogens is 292 g/mol. The monoisotopic (exact) mass is 308 g/mol. The van der Waals surface area contributed by atoms with Crippen LogP contribution < -0.4 is 0 Å². The standard InChI is InChI=1S/C14H17BrN2O/c1-4-13-9(2)16-17(10(13)3)12-6-5-11(8-18)14(15)7-12/h5-7,18H,4,8H2,1-3H3. The van der Waals surface area contributed by atoms with Crippen LogP contribution in [-0.4, -0.2) is 14.9 Å². The molecule has 96 valence electrons. The van der Waals surface area contributed by atoms with Gasteiger partial charge in [0.1, 0.15) is 0 Å². The fourth-order valence-electron chi connectivity index (χ4n) is 2.23. The Hall–Kier alpha value is -1.13. The predicted molar refractivity (Wildman–Crippen MR) is 76.0 cm³/mol. The van der Waals surface area contributed by atoms with Crippen LogP contribution in [0, 0.1) is 13.8 Å². The van der Waals surface area contributed by atoms with E-state index in [0.717, 1.165) is 27.8 Å². The van der Waals surface area contributed by atoms with Crippen LogP contribution in [0.15, 0.2) is 22.7 Å². The number of nitrogens with zero attached hydrogens (tertiary/aromatic N) is 2. The van der Waals surface area contributed by atoms with Crippen molar-refractivity contribution in [2.75, 3.05) is 0 Å². The van der Waals surface area contributed by atoms with Crippen molar-refractivity contribution >= 4 is 15.9 Å². The van der Waals surface area contributed by atoms with Gasteiger partial charge in [-0.25, -0.2) is 4.68 Å². The summed E-state index contributed by atoms with van der Waals surface area (Å²) in [4.78, 5) is 0. The third-order valence-corrected chi connectivity index (χ3v) is 3.98. The van der Waals surface area contributed by atoms with Crippen molar-refractivity contribution < 1.29 is 5.11 Å². The molecule has 1 aromatic carbocycles. The number of halogens is 1. The lowest BCUT2D eigenvalue weighted by Crippen LogP contribution is -2.00. The summed E-state index contributed by atoms with van der Waals surface area (Å²) in [5.41, 5.74) is 5.46. The topological polar surface area (TPSA) is 38.0 Å². The number of aliphatic hydroxyl groups is 1. The number of aromatic nitrogens is 2. The van der Waals surface area contributed by atoms with Crippen molar-refractivity contribution in [1.82, 2.24) is 9.78 Å². The molecule has 0 amide bonds. The Kier molecular flexibility index (Phi) is 3.88. The number of rotatable bonds is 3. The molecule has 0 atom stereocenters. The minimum Gasteiger partial charge on any atom is -0.392 e. The molecule has 4 heteroatoms. The maximum atomic E-state index is 9.17. The number of hydrogen-bond acceptors (Lipinski definition) is 2. The molecule has 3 nitrogen and oxygen atoms in total. The molecule has 1 aromatic heterocycles. The van der Waals surface area contributed by atoms with E-state index >= 15 is 0 Å². The minimum absolute atomic E-state index is 0.0399. The zero-order valence-electron chi connectivity index (χ0n) is 10.9. The average Bonchev–Trinajstić information content (AvgIpc) is 2.64. The molecule has 0 fully saturated rings. The van der Waals surface area contributed by atoms with E-state index in [-0.39, 0.29) is 6.61 Å². The van der Waals surface area contributed by atoms with Crippen LogP contribution in [0.4, 0.5) is 0 Å². The van der Waals surface area contributed by atoms with E-state index in [1.54, 1.807) is 0 Å². The van der Waals surface area contributed by atoms with Gasteiger partial charge < -0.3 is 5.11 Å². The molecule has 0 unspecified atom stereocenters. The van der Waals surface area contributed by atoms with Gasteiger partial charge in [-0.2, -0.15) is 5.10 Å². The molecule has 0 radical (unpaired) electrons. The Morgan fingerprint density at radius 3 is 2.56 bits per heavy atom. The molecule has 0 spiro atoms. The predicted octanol–water partition coefficient (Wildman–Crippen LogP) is 3.31. The maximum Gasteiger partial charge on any atom is 0.0692 e. The lowest BCUT2D eigenvalue weighted by atomic mass is 10.1. The Bertz CT molecular complexity index is 575. The Labute approximate surface area is 116 Å². The quantitative estimate of drug-likeness (QED) is 0.944. The highest BCUT2D eigenvalue weighted by Gasteiger charge is 2.11. The second-order valence-electron chi connectivity index (χ2n) is 4.35. The van der Waals surface area contributed by atoms with E-state index in [1.807, 2.05) is 29.8 Å². The largest absolute Gasteiger partial charge is 0.392 e. The van der Waals surface area contributed by atoms with Crippen LogP contribution in [-0.2, 0) is 13.0 Å². The molecular formula is C14H17BrN2O. The third kappa shape index (κ3) is 2.22. The fraction of sp³-hybridized carbons (Fsp3) is 0.357. The van der Waals surface area contributed by atoms with Crippen LogP contribution in [0.3, 0.4) is 0 Å². The molecule has 18 heavy (non-hydrogen) atoms. The minimum atomic E-state index is 0.0399. The van der Waals surface area contributed by atoms with Gasteiger partial charge in [0, 0.05) is 10.2 Å². The average molecular weight is 309 g/mol. The third-order valence-electron chi connectivity index (χ3n) is 3.25. The first-order valence-corrected chi connectivity index (χ1v) is 6.82. The van der Waals surface area contributed by atoms with Crippen molar-refractivity contribution in [3.8, 4) is 5.69 Å². The van der Waals surface area contributed by atoms with Crippen LogP contribution in [0.1, 0.15) is 29.4 Å². The number of aryl methyl sites for hydroxylation is 1. The molecule has 0 aliphatic heterocycles. The summed E-state index contributed by atoms with van der Waals surface area (Å²) < 4.78 is 2.87. The van der Waals surface area contributed by atoms with Gasteiger partial charge in [-0.15, -0.1) is 0 Å². The number of benzene rings is 1. The number of aliphatic hydroxyl groups excluding tert-OH is 1. The second kappa shape index (κ2) is 5.24. The molecule has 2 aromatic rings.